The summed E-state index contributed by atoms with van der Waals surface area (Å²) in [5.74, 6) is 1.46. The SMILES string of the molecule is CCn1c2ccccc2c2cc(NC(=O)COc3cc(OC)cc(OC)c3)ccc21. The van der Waals surface area contributed by atoms with Gasteiger partial charge in [-0.15, -0.1) is 0 Å². The minimum absolute atomic E-state index is 0.120. The third-order valence-corrected chi connectivity index (χ3v) is 5.07. The van der Waals surface area contributed by atoms with Gasteiger partial charge in [0.05, 0.1) is 14.2 Å². The van der Waals surface area contributed by atoms with Gasteiger partial charge in [0.1, 0.15) is 17.2 Å². The highest BCUT2D eigenvalue weighted by molar-refractivity contribution is 6.09. The summed E-state index contributed by atoms with van der Waals surface area (Å²) in [6.07, 6.45) is 0. The fourth-order valence-electron chi connectivity index (χ4n) is 3.68. The Balaban J connectivity index is 1.52. The summed E-state index contributed by atoms with van der Waals surface area (Å²) >= 11 is 0. The van der Waals surface area contributed by atoms with Gasteiger partial charge in [0.15, 0.2) is 6.61 Å². The maximum Gasteiger partial charge on any atom is 0.262 e. The van der Waals surface area contributed by atoms with Crippen molar-refractivity contribution in [3.8, 4) is 17.2 Å². The van der Waals surface area contributed by atoms with Crippen molar-refractivity contribution in [3.05, 3.63) is 60.7 Å². The number of methoxy groups -OCH3 is 2. The minimum Gasteiger partial charge on any atom is -0.496 e. The number of benzene rings is 3. The van der Waals surface area contributed by atoms with Crippen LogP contribution in [0.25, 0.3) is 21.8 Å². The van der Waals surface area contributed by atoms with Crippen molar-refractivity contribution in [2.75, 3.05) is 26.1 Å². The van der Waals surface area contributed by atoms with Crippen molar-refractivity contribution < 1.29 is 19.0 Å². The lowest BCUT2D eigenvalue weighted by Crippen LogP contribution is -2.20. The molecule has 1 N–H and O–H groups in total. The summed E-state index contributed by atoms with van der Waals surface area (Å²) in [7, 11) is 3.13. The zero-order valence-electron chi connectivity index (χ0n) is 17.3. The number of fused-ring (bicyclic) bond motifs is 3. The molecule has 6 nitrogen and oxygen atoms in total. The van der Waals surface area contributed by atoms with E-state index in [9.17, 15) is 4.79 Å². The second-order valence-electron chi connectivity index (χ2n) is 6.88. The molecule has 6 heteroatoms. The Morgan fingerprint density at radius 1 is 0.867 bits per heavy atom. The first-order valence-corrected chi connectivity index (χ1v) is 9.79. The molecular weight excluding hydrogens is 380 g/mol. The summed E-state index contributed by atoms with van der Waals surface area (Å²) in [5.41, 5.74) is 3.07. The summed E-state index contributed by atoms with van der Waals surface area (Å²) < 4.78 is 18.4. The Hall–Kier alpha value is -3.67. The zero-order valence-corrected chi connectivity index (χ0v) is 17.3. The van der Waals surface area contributed by atoms with Gasteiger partial charge in [0.2, 0.25) is 0 Å². The number of rotatable bonds is 7. The number of hydrogen-bond acceptors (Lipinski definition) is 4. The van der Waals surface area contributed by atoms with Crippen LogP contribution in [0.1, 0.15) is 6.92 Å². The molecule has 0 aliphatic rings. The molecule has 0 atom stereocenters. The first-order chi connectivity index (χ1) is 14.6. The van der Waals surface area contributed by atoms with Gasteiger partial charge in [-0.25, -0.2) is 0 Å². The second-order valence-corrected chi connectivity index (χ2v) is 6.88. The van der Waals surface area contributed by atoms with Crippen molar-refractivity contribution in [1.82, 2.24) is 4.57 Å². The molecule has 0 saturated carbocycles. The molecule has 0 fully saturated rings. The number of ether oxygens (including phenoxy) is 3. The molecule has 30 heavy (non-hydrogen) atoms. The average molecular weight is 404 g/mol. The molecule has 0 spiro atoms. The fraction of sp³-hybridized carbons (Fsp3) is 0.208. The Morgan fingerprint density at radius 2 is 1.53 bits per heavy atom. The first-order valence-electron chi connectivity index (χ1n) is 9.79. The van der Waals surface area contributed by atoms with Crippen LogP contribution in [0.3, 0.4) is 0 Å². The Morgan fingerprint density at radius 3 is 2.23 bits per heavy atom. The molecule has 0 aliphatic carbocycles. The minimum atomic E-state index is -0.240. The summed E-state index contributed by atoms with van der Waals surface area (Å²) in [6, 6.07) is 19.4. The number of hydrogen-bond donors (Lipinski definition) is 1. The maximum absolute atomic E-state index is 12.5. The molecule has 0 unspecified atom stereocenters. The number of anilines is 1. The van der Waals surface area contributed by atoms with Gasteiger partial charge >= 0.3 is 0 Å². The molecule has 4 aromatic rings. The predicted molar refractivity (Wildman–Crippen MR) is 119 cm³/mol. The lowest BCUT2D eigenvalue weighted by Gasteiger charge is -2.11. The van der Waals surface area contributed by atoms with E-state index in [1.807, 2.05) is 30.3 Å². The van der Waals surface area contributed by atoms with Gasteiger partial charge in [-0.1, -0.05) is 18.2 Å². The number of amides is 1. The van der Waals surface area contributed by atoms with Crippen LogP contribution in [-0.4, -0.2) is 31.3 Å². The Labute approximate surface area is 175 Å². The third-order valence-electron chi connectivity index (χ3n) is 5.07. The summed E-state index contributed by atoms with van der Waals surface area (Å²) in [6.45, 7) is 2.89. The molecule has 154 valence electrons. The Bertz CT molecular complexity index is 1190. The molecule has 0 radical (unpaired) electrons. The van der Waals surface area contributed by atoms with Crippen molar-refractivity contribution >= 4 is 33.4 Å². The van der Waals surface area contributed by atoms with Crippen LogP contribution in [-0.2, 0) is 11.3 Å². The van der Waals surface area contributed by atoms with Crippen LogP contribution in [0.2, 0.25) is 0 Å². The van der Waals surface area contributed by atoms with Crippen LogP contribution < -0.4 is 19.5 Å². The molecule has 3 aromatic carbocycles. The highest BCUT2D eigenvalue weighted by Gasteiger charge is 2.11. The Kier molecular flexibility index (Phi) is 5.48. The molecule has 1 heterocycles. The van der Waals surface area contributed by atoms with Crippen molar-refractivity contribution in [3.63, 3.8) is 0 Å². The number of nitrogens with zero attached hydrogens (tertiary/aromatic N) is 1. The van der Waals surface area contributed by atoms with E-state index in [4.69, 9.17) is 14.2 Å². The van der Waals surface area contributed by atoms with E-state index in [1.54, 1.807) is 32.4 Å². The van der Waals surface area contributed by atoms with Crippen LogP contribution >= 0.6 is 0 Å². The smallest absolute Gasteiger partial charge is 0.262 e. The summed E-state index contributed by atoms with van der Waals surface area (Å²) in [5, 5.41) is 5.20. The third kappa shape index (κ3) is 3.76. The monoisotopic (exact) mass is 404 g/mol. The normalized spacial score (nSPS) is 10.9. The highest BCUT2D eigenvalue weighted by atomic mass is 16.5. The van der Waals surface area contributed by atoms with Crippen LogP contribution in [0.5, 0.6) is 17.2 Å². The summed E-state index contributed by atoms with van der Waals surface area (Å²) in [4.78, 5) is 12.5. The topological polar surface area (TPSA) is 61.7 Å². The lowest BCUT2D eigenvalue weighted by molar-refractivity contribution is -0.118. The molecule has 1 aromatic heterocycles. The zero-order chi connectivity index (χ0) is 21.1. The van der Waals surface area contributed by atoms with Crippen LogP contribution in [0.4, 0.5) is 5.69 Å². The number of aromatic nitrogens is 1. The molecule has 0 saturated heterocycles. The average Bonchev–Trinajstić information content (AvgIpc) is 3.10. The molecule has 0 aliphatic heterocycles. The van der Waals surface area contributed by atoms with Crippen molar-refractivity contribution in [2.24, 2.45) is 0 Å². The van der Waals surface area contributed by atoms with Crippen LogP contribution in [0.15, 0.2) is 60.7 Å². The molecular formula is C24H24N2O4. The number of para-hydroxylation sites is 1. The van der Waals surface area contributed by atoms with E-state index in [1.165, 1.54) is 10.9 Å². The van der Waals surface area contributed by atoms with E-state index in [-0.39, 0.29) is 12.5 Å². The van der Waals surface area contributed by atoms with Gasteiger partial charge in [-0.05, 0) is 31.2 Å². The van der Waals surface area contributed by atoms with Gasteiger partial charge in [0, 0.05) is 52.2 Å². The molecule has 0 bridgehead atoms. The quantitative estimate of drug-likeness (QED) is 0.478. The van der Waals surface area contributed by atoms with Crippen molar-refractivity contribution in [1.29, 1.82) is 0 Å². The first kappa shape index (κ1) is 19.6. The second kappa shape index (κ2) is 8.37. The predicted octanol–water partition coefficient (Wildman–Crippen LogP) is 4.85. The maximum atomic E-state index is 12.5. The standard InChI is InChI=1S/C24H24N2O4/c1-4-26-22-8-6-5-7-20(22)21-11-16(9-10-23(21)26)25-24(27)15-30-19-13-17(28-2)12-18(14-19)29-3/h5-14H,4,15H2,1-3H3,(H,25,27). The van der Waals surface area contributed by atoms with Gasteiger partial charge in [-0.2, -0.15) is 0 Å². The van der Waals surface area contributed by atoms with E-state index >= 15 is 0 Å². The van der Waals surface area contributed by atoms with Crippen molar-refractivity contribution in [2.45, 2.75) is 13.5 Å². The van der Waals surface area contributed by atoms with Gasteiger partial charge < -0.3 is 24.1 Å². The fourth-order valence-corrected chi connectivity index (χ4v) is 3.68. The van der Waals surface area contributed by atoms with E-state index in [2.05, 4.69) is 28.9 Å². The number of aryl methyl sites for hydroxylation is 1. The van der Waals surface area contributed by atoms with E-state index < -0.39 is 0 Å². The van der Waals surface area contributed by atoms with E-state index in [0.717, 1.165) is 23.1 Å². The number of carbonyl (C=O) groups is 1. The molecule has 1 amide bonds. The van der Waals surface area contributed by atoms with Gasteiger partial charge in [0.25, 0.3) is 5.91 Å². The largest absolute Gasteiger partial charge is 0.496 e. The highest BCUT2D eigenvalue weighted by Crippen LogP contribution is 2.31. The lowest BCUT2D eigenvalue weighted by atomic mass is 10.1. The van der Waals surface area contributed by atoms with Crippen LogP contribution in [0, 0.1) is 0 Å². The number of nitrogens with one attached hydrogen (secondary N) is 1. The van der Waals surface area contributed by atoms with Gasteiger partial charge in [-0.3, -0.25) is 4.79 Å². The molecule has 4 rings (SSSR count). The number of carbonyl (C=O) groups excluding carboxylic acids is 1. The van der Waals surface area contributed by atoms with E-state index in [0.29, 0.717) is 17.2 Å².